The average Bonchev–Trinajstić information content (AvgIpc) is 2.43. The molecule has 0 bridgehead atoms. The van der Waals surface area contributed by atoms with Gasteiger partial charge in [0.25, 0.3) is 5.91 Å². The van der Waals surface area contributed by atoms with Gasteiger partial charge in [-0.25, -0.2) is 5.43 Å². The van der Waals surface area contributed by atoms with Crippen molar-refractivity contribution >= 4 is 11.9 Å². The lowest BCUT2D eigenvalue weighted by atomic mass is 10.1. The Morgan fingerprint density at radius 1 is 1.30 bits per heavy atom. The zero-order valence-electron chi connectivity index (χ0n) is 11.8. The maximum absolute atomic E-state index is 11.9. The molecule has 0 spiro atoms. The molecule has 20 heavy (non-hydrogen) atoms. The molecule has 5 nitrogen and oxygen atoms in total. The lowest BCUT2D eigenvalue weighted by Gasteiger charge is -2.17. The summed E-state index contributed by atoms with van der Waals surface area (Å²) in [5.41, 5.74) is 6.55. The lowest BCUT2D eigenvalue weighted by molar-refractivity contribution is -0.145. The summed E-state index contributed by atoms with van der Waals surface area (Å²) in [5, 5.41) is 0. The molecular formula is C15H20N2O3. The monoisotopic (exact) mass is 276 g/mol. The van der Waals surface area contributed by atoms with Gasteiger partial charge in [-0.3, -0.25) is 15.0 Å². The number of hydrazine groups is 1. The second-order valence-electron chi connectivity index (χ2n) is 4.43. The van der Waals surface area contributed by atoms with Crippen LogP contribution in [-0.2, 0) is 9.53 Å². The summed E-state index contributed by atoms with van der Waals surface area (Å²) in [6.07, 6.45) is 0.397. The molecule has 1 atom stereocenters. The summed E-state index contributed by atoms with van der Waals surface area (Å²) in [5.74, 6) is -0.717. The van der Waals surface area contributed by atoms with Gasteiger partial charge in [-0.2, -0.15) is 0 Å². The normalized spacial score (nSPS) is 11.5. The van der Waals surface area contributed by atoms with E-state index in [-0.39, 0.29) is 5.91 Å². The van der Waals surface area contributed by atoms with Gasteiger partial charge in [-0.1, -0.05) is 23.8 Å². The fraction of sp³-hybridized carbons (Fsp3) is 0.333. The number of hydrogen-bond donors (Lipinski definition) is 2. The first-order valence-electron chi connectivity index (χ1n) is 6.46. The van der Waals surface area contributed by atoms with Crippen LogP contribution in [0.2, 0.25) is 0 Å². The van der Waals surface area contributed by atoms with E-state index in [1.165, 1.54) is 0 Å². The zero-order valence-corrected chi connectivity index (χ0v) is 11.8. The number of amides is 1. The van der Waals surface area contributed by atoms with Crippen LogP contribution in [0.5, 0.6) is 0 Å². The number of carbonyl (C=O) groups is 2. The molecule has 5 heteroatoms. The lowest BCUT2D eigenvalue weighted by Crippen LogP contribution is -2.48. The quantitative estimate of drug-likeness (QED) is 0.453. The molecule has 1 aromatic rings. The minimum absolute atomic E-state index is 0.292. The van der Waals surface area contributed by atoms with Gasteiger partial charge < -0.3 is 4.74 Å². The highest BCUT2D eigenvalue weighted by molar-refractivity contribution is 5.94. The summed E-state index contributed by atoms with van der Waals surface area (Å²) in [6.45, 7) is 7.60. The Labute approximate surface area is 119 Å². The summed E-state index contributed by atoms with van der Waals surface area (Å²) < 4.78 is 4.95. The van der Waals surface area contributed by atoms with E-state index in [0.717, 1.165) is 5.57 Å². The Balaban J connectivity index is 2.59. The number of ether oxygens (including phenoxy) is 1. The van der Waals surface area contributed by atoms with Crippen molar-refractivity contribution in [3.05, 3.63) is 48.0 Å². The number of benzene rings is 1. The van der Waals surface area contributed by atoms with Crippen molar-refractivity contribution in [2.45, 2.75) is 26.3 Å². The minimum atomic E-state index is -0.639. The van der Waals surface area contributed by atoms with Crippen molar-refractivity contribution < 1.29 is 14.3 Å². The van der Waals surface area contributed by atoms with E-state index < -0.39 is 12.0 Å². The Morgan fingerprint density at radius 2 is 1.95 bits per heavy atom. The van der Waals surface area contributed by atoms with Gasteiger partial charge in [0.05, 0.1) is 6.61 Å². The largest absolute Gasteiger partial charge is 0.465 e. The molecule has 0 heterocycles. The van der Waals surface area contributed by atoms with Gasteiger partial charge in [0.1, 0.15) is 6.04 Å². The van der Waals surface area contributed by atoms with Gasteiger partial charge >= 0.3 is 5.97 Å². The second-order valence-corrected chi connectivity index (χ2v) is 4.43. The van der Waals surface area contributed by atoms with Crippen LogP contribution in [0.25, 0.3) is 0 Å². The Kier molecular flexibility index (Phi) is 6.46. The van der Waals surface area contributed by atoms with Crippen molar-refractivity contribution in [2.75, 3.05) is 6.61 Å². The summed E-state index contributed by atoms with van der Waals surface area (Å²) in [4.78, 5) is 23.6. The van der Waals surface area contributed by atoms with Gasteiger partial charge in [0.15, 0.2) is 0 Å². The highest BCUT2D eigenvalue weighted by atomic mass is 16.5. The van der Waals surface area contributed by atoms with Gasteiger partial charge in [0.2, 0.25) is 0 Å². The highest BCUT2D eigenvalue weighted by Gasteiger charge is 2.20. The van der Waals surface area contributed by atoms with E-state index in [0.29, 0.717) is 18.6 Å². The Bertz CT molecular complexity index is 471. The first-order valence-corrected chi connectivity index (χ1v) is 6.46. The molecule has 0 unspecified atom stereocenters. The SMILES string of the molecule is C=C(C)C[C@@H](NNC(=O)c1ccccc1)C(=O)OCC. The second kappa shape index (κ2) is 8.12. The van der Waals surface area contributed by atoms with E-state index in [4.69, 9.17) is 4.74 Å². The van der Waals surface area contributed by atoms with Crippen LogP contribution in [0.1, 0.15) is 30.6 Å². The molecule has 1 amide bonds. The van der Waals surface area contributed by atoms with Gasteiger partial charge in [-0.05, 0) is 32.4 Å². The predicted octanol–water partition coefficient (Wildman–Crippen LogP) is 1.82. The van der Waals surface area contributed by atoms with Crippen LogP contribution >= 0.6 is 0 Å². The number of rotatable bonds is 7. The van der Waals surface area contributed by atoms with Crippen molar-refractivity contribution in [3.8, 4) is 0 Å². The van der Waals surface area contributed by atoms with Crippen molar-refractivity contribution in [2.24, 2.45) is 0 Å². The first-order chi connectivity index (χ1) is 9.54. The smallest absolute Gasteiger partial charge is 0.325 e. The standard InChI is InChI=1S/C15H20N2O3/c1-4-20-15(19)13(10-11(2)3)16-17-14(18)12-8-6-5-7-9-12/h5-9,13,16H,2,4,10H2,1,3H3,(H,17,18)/t13-/m1/s1. The van der Waals surface area contributed by atoms with Crippen LogP contribution in [0, 0.1) is 0 Å². The number of esters is 1. The fourth-order valence-corrected chi connectivity index (χ4v) is 1.60. The fourth-order valence-electron chi connectivity index (χ4n) is 1.60. The third-order valence-corrected chi connectivity index (χ3v) is 2.52. The molecule has 1 aromatic carbocycles. The van der Waals surface area contributed by atoms with Crippen LogP contribution in [0.15, 0.2) is 42.5 Å². The molecular weight excluding hydrogens is 256 g/mol. The maximum Gasteiger partial charge on any atom is 0.325 e. The van der Waals surface area contributed by atoms with Crippen molar-refractivity contribution in [3.63, 3.8) is 0 Å². The zero-order chi connectivity index (χ0) is 15.0. The molecule has 2 N–H and O–H groups in total. The van der Waals surface area contributed by atoms with Crippen LogP contribution in [0.3, 0.4) is 0 Å². The Hall–Kier alpha value is -2.14. The molecule has 0 aliphatic carbocycles. The predicted molar refractivity (Wildman–Crippen MR) is 76.9 cm³/mol. The topological polar surface area (TPSA) is 67.4 Å². The molecule has 108 valence electrons. The van der Waals surface area contributed by atoms with E-state index in [2.05, 4.69) is 17.4 Å². The van der Waals surface area contributed by atoms with E-state index >= 15 is 0 Å². The maximum atomic E-state index is 11.9. The average molecular weight is 276 g/mol. The highest BCUT2D eigenvalue weighted by Crippen LogP contribution is 2.04. The van der Waals surface area contributed by atoms with Gasteiger partial charge in [0, 0.05) is 5.56 Å². The summed E-state index contributed by atoms with van der Waals surface area (Å²) in [6, 6.07) is 8.11. The third-order valence-electron chi connectivity index (χ3n) is 2.52. The van der Waals surface area contributed by atoms with Crippen molar-refractivity contribution in [1.29, 1.82) is 0 Å². The number of hydrogen-bond acceptors (Lipinski definition) is 4. The molecule has 0 radical (unpaired) electrons. The summed E-state index contributed by atoms with van der Waals surface area (Å²) in [7, 11) is 0. The van der Waals surface area contributed by atoms with E-state index in [1.54, 1.807) is 31.2 Å². The van der Waals surface area contributed by atoms with Crippen molar-refractivity contribution in [1.82, 2.24) is 10.9 Å². The molecule has 0 aliphatic heterocycles. The molecule has 0 aliphatic rings. The molecule has 0 aromatic heterocycles. The number of nitrogens with one attached hydrogen (secondary N) is 2. The first kappa shape index (κ1) is 15.9. The molecule has 0 saturated heterocycles. The number of carbonyl (C=O) groups excluding carboxylic acids is 2. The molecule has 0 saturated carbocycles. The van der Waals surface area contributed by atoms with Crippen LogP contribution < -0.4 is 10.9 Å². The van der Waals surface area contributed by atoms with E-state index in [1.807, 2.05) is 13.0 Å². The van der Waals surface area contributed by atoms with Crippen LogP contribution in [-0.4, -0.2) is 24.5 Å². The molecule has 0 fully saturated rings. The van der Waals surface area contributed by atoms with E-state index in [9.17, 15) is 9.59 Å². The third kappa shape index (κ3) is 5.24. The van der Waals surface area contributed by atoms with Gasteiger partial charge in [-0.15, -0.1) is 6.58 Å². The molecule has 1 rings (SSSR count). The van der Waals surface area contributed by atoms with Crippen LogP contribution in [0.4, 0.5) is 0 Å². The Morgan fingerprint density at radius 3 is 2.50 bits per heavy atom. The minimum Gasteiger partial charge on any atom is -0.465 e. The summed E-state index contributed by atoms with van der Waals surface area (Å²) >= 11 is 0.